The molecule has 0 unspecified atom stereocenters. The molecule has 4 heteroatoms. The molecule has 4 nitrogen and oxygen atoms in total. The van der Waals surface area contributed by atoms with E-state index < -0.39 is 0 Å². The van der Waals surface area contributed by atoms with Crippen LogP contribution in [-0.4, -0.2) is 33.4 Å². The molecular formula is C23H26N2O2. The molecule has 5 atom stereocenters. The SMILES string of the molecule is O=C([C@@H]1C[C@H]1c1ccccc1)N1[C@H](C(=O)n2cccc2)C[C@@H]2CCCC[C@@H]21. The van der Waals surface area contributed by atoms with Gasteiger partial charge in [-0.25, -0.2) is 0 Å². The maximum Gasteiger partial charge on any atom is 0.253 e. The van der Waals surface area contributed by atoms with Crippen LogP contribution in [0.1, 0.15) is 54.8 Å². The Morgan fingerprint density at radius 2 is 1.59 bits per heavy atom. The van der Waals surface area contributed by atoms with Gasteiger partial charge in [0.25, 0.3) is 5.91 Å². The fraction of sp³-hybridized carbons (Fsp3) is 0.478. The van der Waals surface area contributed by atoms with Crippen LogP contribution in [0, 0.1) is 11.8 Å². The molecule has 140 valence electrons. The molecule has 1 aromatic carbocycles. The van der Waals surface area contributed by atoms with E-state index in [2.05, 4.69) is 12.1 Å². The first-order valence-corrected chi connectivity index (χ1v) is 10.3. The van der Waals surface area contributed by atoms with Crippen LogP contribution in [0.15, 0.2) is 54.9 Å². The van der Waals surface area contributed by atoms with E-state index in [1.54, 1.807) is 17.0 Å². The van der Waals surface area contributed by atoms with Crippen molar-refractivity contribution in [2.75, 3.05) is 0 Å². The lowest BCUT2D eigenvalue weighted by Crippen LogP contribution is -2.48. The molecule has 0 radical (unpaired) electrons. The standard InChI is InChI=1S/C23H26N2O2/c26-22(19-15-18(19)16-8-2-1-3-9-16)25-20-11-5-4-10-17(20)14-21(25)23(27)24-12-6-7-13-24/h1-3,6-9,12-13,17-21H,4-5,10-11,14-15H2/t17-,18-,19+,20-,21-/m0/s1. The number of hydrogen-bond donors (Lipinski definition) is 0. The highest BCUT2D eigenvalue weighted by atomic mass is 16.2. The first-order chi connectivity index (χ1) is 13.2. The van der Waals surface area contributed by atoms with Gasteiger partial charge in [0.15, 0.2) is 0 Å². The zero-order chi connectivity index (χ0) is 18.4. The van der Waals surface area contributed by atoms with Crippen molar-refractivity contribution in [2.45, 2.75) is 56.5 Å². The lowest BCUT2D eigenvalue weighted by Gasteiger charge is -2.34. The molecule has 3 aliphatic rings. The number of benzene rings is 1. The largest absolute Gasteiger partial charge is 0.327 e. The van der Waals surface area contributed by atoms with E-state index in [-0.39, 0.29) is 29.8 Å². The molecule has 0 bridgehead atoms. The fourth-order valence-electron chi connectivity index (χ4n) is 5.38. The molecule has 1 aromatic heterocycles. The predicted octanol–water partition coefficient (Wildman–Crippen LogP) is 4.09. The third-order valence-electron chi connectivity index (χ3n) is 6.82. The minimum atomic E-state index is -0.296. The lowest BCUT2D eigenvalue weighted by molar-refractivity contribution is -0.135. The van der Waals surface area contributed by atoms with E-state index in [0.29, 0.717) is 11.8 Å². The maximum absolute atomic E-state index is 13.5. The highest BCUT2D eigenvalue weighted by Gasteiger charge is 2.53. The molecule has 5 rings (SSSR count). The molecule has 0 N–H and O–H groups in total. The van der Waals surface area contributed by atoms with Gasteiger partial charge in [-0.15, -0.1) is 0 Å². The molecule has 2 heterocycles. The van der Waals surface area contributed by atoms with E-state index in [0.717, 1.165) is 25.7 Å². The Bertz CT molecular complexity index is 829. The minimum absolute atomic E-state index is 0.0491. The molecule has 1 aliphatic heterocycles. The normalized spacial score (nSPS) is 32.1. The summed E-state index contributed by atoms with van der Waals surface area (Å²) in [6.07, 6.45) is 9.95. The number of fused-ring (bicyclic) bond motifs is 1. The number of nitrogens with zero attached hydrogens (tertiary/aromatic N) is 2. The van der Waals surface area contributed by atoms with Crippen LogP contribution in [0.2, 0.25) is 0 Å². The third-order valence-corrected chi connectivity index (χ3v) is 6.82. The van der Waals surface area contributed by atoms with Gasteiger partial charge in [-0.1, -0.05) is 43.2 Å². The summed E-state index contributed by atoms with van der Waals surface area (Å²) in [5, 5.41) is 0. The lowest BCUT2D eigenvalue weighted by atomic mass is 9.84. The zero-order valence-corrected chi connectivity index (χ0v) is 15.5. The number of amides is 1. The van der Waals surface area contributed by atoms with Gasteiger partial charge < -0.3 is 4.90 Å². The van der Waals surface area contributed by atoms with Crippen molar-refractivity contribution in [3.63, 3.8) is 0 Å². The van der Waals surface area contributed by atoms with Crippen molar-refractivity contribution in [3.8, 4) is 0 Å². The Balaban J connectivity index is 1.40. The molecular weight excluding hydrogens is 336 g/mol. The minimum Gasteiger partial charge on any atom is -0.327 e. The number of likely N-dealkylation sites (tertiary alicyclic amines) is 1. The van der Waals surface area contributed by atoms with Crippen LogP contribution >= 0.6 is 0 Å². The van der Waals surface area contributed by atoms with Crippen molar-refractivity contribution in [1.29, 1.82) is 0 Å². The summed E-state index contributed by atoms with van der Waals surface area (Å²) in [4.78, 5) is 28.6. The van der Waals surface area contributed by atoms with E-state index in [9.17, 15) is 9.59 Å². The van der Waals surface area contributed by atoms with Gasteiger partial charge in [-0.3, -0.25) is 14.2 Å². The van der Waals surface area contributed by atoms with Crippen molar-refractivity contribution in [1.82, 2.24) is 9.47 Å². The van der Waals surface area contributed by atoms with Crippen molar-refractivity contribution in [2.24, 2.45) is 11.8 Å². The van der Waals surface area contributed by atoms with Crippen LogP contribution in [0.4, 0.5) is 0 Å². The summed E-state index contributed by atoms with van der Waals surface area (Å²) in [5.41, 5.74) is 1.25. The Morgan fingerprint density at radius 1 is 0.852 bits per heavy atom. The predicted molar refractivity (Wildman–Crippen MR) is 103 cm³/mol. The van der Waals surface area contributed by atoms with Crippen LogP contribution < -0.4 is 0 Å². The maximum atomic E-state index is 13.5. The van der Waals surface area contributed by atoms with Crippen LogP contribution in [-0.2, 0) is 4.79 Å². The average molecular weight is 362 g/mol. The average Bonchev–Trinajstić information content (AvgIpc) is 3.14. The molecule has 1 saturated heterocycles. The van der Waals surface area contributed by atoms with E-state index >= 15 is 0 Å². The Labute approximate surface area is 160 Å². The molecule has 0 spiro atoms. The molecule has 27 heavy (non-hydrogen) atoms. The molecule has 1 amide bonds. The number of aromatic nitrogens is 1. The second-order valence-electron chi connectivity index (χ2n) is 8.40. The van der Waals surface area contributed by atoms with E-state index in [1.165, 1.54) is 18.4 Å². The Kier molecular flexibility index (Phi) is 4.14. The van der Waals surface area contributed by atoms with E-state index in [4.69, 9.17) is 0 Å². The summed E-state index contributed by atoms with van der Waals surface area (Å²) in [5.74, 6) is 1.13. The quantitative estimate of drug-likeness (QED) is 0.825. The van der Waals surface area contributed by atoms with Gasteiger partial charge in [0.2, 0.25) is 5.91 Å². The highest BCUT2D eigenvalue weighted by Crippen LogP contribution is 2.51. The van der Waals surface area contributed by atoms with Crippen molar-refractivity contribution in [3.05, 3.63) is 60.4 Å². The van der Waals surface area contributed by atoms with E-state index in [1.807, 2.05) is 35.2 Å². The molecule has 2 aromatic rings. The fourth-order valence-corrected chi connectivity index (χ4v) is 5.38. The zero-order valence-electron chi connectivity index (χ0n) is 15.5. The summed E-state index contributed by atoms with van der Waals surface area (Å²) < 4.78 is 1.66. The van der Waals surface area contributed by atoms with Gasteiger partial charge >= 0.3 is 0 Å². The number of hydrogen-bond acceptors (Lipinski definition) is 2. The molecule has 2 aliphatic carbocycles. The van der Waals surface area contributed by atoms with Gasteiger partial charge in [0, 0.05) is 24.4 Å². The smallest absolute Gasteiger partial charge is 0.253 e. The van der Waals surface area contributed by atoms with Crippen LogP contribution in [0.25, 0.3) is 0 Å². The Morgan fingerprint density at radius 3 is 2.37 bits per heavy atom. The van der Waals surface area contributed by atoms with Crippen molar-refractivity contribution >= 4 is 11.8 Å². The van der Waals surface area contributed by atoms with Gasteiger partial charge in [-0.05, 0) is 55.2 Å². The number of rotatable bonds is 3. The number of carbonyl (C=O) groups is 2. The number of carbonyl (C=O) groups excluding carboxylic acids is 2. The highest BCUT2D eigenvalue weighted by molar-refractivity contribution is 5.92. The van der Waals surface area contributed by atoms with Crippen LogP contribution in [0.3, 0.4) is 0 Å². The summed E-state index contributed by atoms with van der Waals surface area (Å²) in [6, 6.07) is 14.0. The second-order valence-corrected chi connectivity index (χ2v) is 8.40. The first kappa shape index (κ1) is 16.8. The summed E-state index contributed by atoms with van der Waals surface area (Å²) in [7, 11) is 0. The summed E-state index contributed by atoms with van der Waals surface area (Å²) >= 11 is 0. The monoisotopic (exact) mass is 362 g/mol. The van der Waals surface area contributed by atoms with Gasteiger partial charge in [0.1, 0.15) is 6.04 Å². The summed E-state index contributed by atoms with van der Waals surface area (Å²) in [6.45, 7) is 0. The third kappa shape index (κ3) is 2.91. The van der Waals surface area contributed by atoms with Gasteiger partial charge in [0.05, 0.1) is 0 Å². The Hall–Kier alpha value is -2.36. The second kappa shape index (κ2) is 6.66. The van der Waals surface area contributed by atoms with Gasteiger partial charge in [-0.2, -0.15) is 0 Å². The van der Waals surface area contributed by atoms with Crippen molar-refractivity contribution < 1.29 is 9.59 Å². The molecule has 2 saturated carbocycles. The first-order valence-electron chi connectivity index (χ1n) is 10.3. The van der Waals surface area contributed by atoms with Crippen LogP contribution in [0.5, 0.6) is 0 Å². The molecule has 3 fully saturated rings. The topological polar surface area (TPSA) is 42.3 Å².